The summed E-state index contributed by atoms with van der Waals surface area (Å²) in [6.07, 6.45) is 11.3. The zero-order valence-electron chi connectivity index (χ0n) is 12.0. The van der Waals surface area contributed by atoms with E-state index in [1.807, 2.05) is 0 Å². The molecule has 1 saturated carbocycles. The van der Waals surface area contributed by atoms with Gasteiger partial charge in [0, 0.05) is 0 Å². The maximum absolute atomic E-state index is 2.54. The van der Waals surface area contributed by atoms with Gasteiger partial charge in [-0.3, -0.25) is 0 Å². The highest BCUT2D eigenvalue weighted by Gasteiger charge is 2.42. The van der Waals surface area contributed by atoms with E-state index in [1.54, 1.807) is 11.1 Å². The van der Waals surface area contributed by atoms with Crippen LogP contribution in [0.25, 0.3) is 0 Å². The molecule has 2 aliphatic rings. The van der Waals surface area contributed by atoms with Crippen LogP contribution in [0.5, 0.6) is 0 Å². The standard InChI is InChI=1S/C18H26/c1-3-18(14-17(2)10-6-7-11-17)12-15-8-4-5-9-16(15)13-18/h4-5,8-9H,3,6-7,10-14H2,1-2H3. The predicted octanol–water partition coefficient (Wildman–Crippen LogP) is 5.15. The molecular weight excluding hydrogens is 216 g/mol. The fraction of sp³-hybridized carbons (Fsp3) is 0.667. The third kappa shape index (κ3) is 2.11. The van der Waals surface area contributed by atoms with Crippen molar-refractivity contribution < 1.29 is 0 Å². The fourth-order valence-electron chi connectivity index (χ4n) is 4.58. The largest absolute Gasteiger partial charge is 0.0648 e. The van der Waals surface area contributed by atoms with Crippen LogP contribution in [0.1, 0.15) is 63.5 Å². The molecule has 1 fully saturated rings. The molecule has 0 amide bonds. The quantitative estimate of drug-likeness (QED) is 0.687. The first-order chi connectivity index (χ1) is 8.65. The van der Waals surface area contributed by atoms with Gasteiger partial charge in [0.1, 0.15) is 0 Å². The topological polar surface area (TPSA) is 0 Å². The molecule has 0 heteroatoms. The van der Waals surface area contributed by atoms with Gasteiger partial charge in [-0.05, 0) is 60.5 Å². The number of rotatable bonds is 3. The Hall–Kier alpha value is -0.780. The molecule has 0 radical (unpaired) electrons. The normalized spacial score (nSPS) is 24.1. The first kappa shape index (κ1) is 12.3. The van der Waals surface area contributed by atoms with Crippen molar-refractivity contribution in [2.45, 2.75) is 65.2 Å². The van der Waals surface area contributed by atoms with Crippen molar-refractivity contribution in [2.75, 3.05) is 0 Å². The third-order valence-corrected chi connectivity index (χ3v) is 5.61. The summed E-state index contributed by atoms with van der Waals surface area (Å²) < 4.78 is 0. The summed E-state index contributed by atoms with van der Waals surface area (Å²) in [5.41, 5.74) is 4.46. The Kier molecular flexibility index (Phi) is 3.00. The van der Waals surface area contributed by atoms with E-state index in [2.05, 4.69) is 38.1 Å². The summed E-state index contributed by atoms with van der Waals surface area (Å²) in [5, 5.41) is 0. The Bertz CT molecular complexity index is 398. The van der Waals surface area contributed by atoms with Crippen LogP contribution < -0.4 is 0 Å². The highest BCUT2D eigenvalue weighted by Crippen LogP contribution is 2.52. The van der Waals surface area contributed by atoms with Gasteiger partial charge >= 0.3 is 0 Å². The van der Waals surface area contributed by atoms with E-state index >= 15 is 0 Å². The van der Waals surface area contributed by atoms with E-state index in [1.165, 1.54) is 51.4 Å². The molecule has 0 unspecified atom stereocenters. The van der Waals surface area contributed by atoms with Crippen molar-refractivity contribution in [3.05, 3.63) is 35.4 Å². The van der Waals surface area contributed by atoms with Gasteiger partial charge in [-0.15, -0.1) is 0 Å². The second-order valence-electron chi connectivity index (χ2n) is 7.17. The van der Waals surface area contributed by atoms with Gasteiger partial charge in [-0.25, -0.2) is 0 Å². The summed E-state index contributed by atoms with van der Waals surface area (Å²) in [5.74, 6) is 0. The summed E-state index contributed by atoms with van der Waals surface area (Å²) in [7, 11) is 0. The average molecular weight is 242 g/mol. The molecule has 0 heterocycles. The van der Waals surface area contributed by atoms with Crippen molar-refractivity contribution in [3.63, 3.8) is 0 Å². The van der Waals surface area contributed by atoms with Crippen LogP contribution in [0.3, 0.4) is 0 Å². The molecule has 0 aliphatic heterocycles. The second kappa shape index (κ2) is 4.40. The molecule has 1 aromatic rings. The first-order valence-electron chi connectivity index (χ1n) is 7.72. The molecule has 1 aromatic carbocycles. The molecule has 18 heavy (non-hydrogen) atoms. The monoisotopic (exact) mass is 242 g/mol. The number of hydrogen-bond donors (Lipinski definition) is 0. The van der Waals surface area contributed by atoms with E-state index in [-0.39, 0.29) is 0 Å². The molecular formula is C18H26. The number of hydrogen-bond acceptors (Lipinski definition) is 0. The van der Waals surface area contributed by atoms with E-state index in [9.17, 15) is 0 Å². The van der Waals surface area contributed by atoms with E-state index in [4.69, 9.17) is 0 Å². The van der Waals surface area contributed by atoms with Crippen LogP contribution in [-0.4, -0.2) is 0 Å². The Morgan fingerprint density at radius 2 is 1.56 bits per heavy atom. The minimum atomic E-state index is 0.572. The molecule has 0 aromatic heterocycles. The van der Waals surface area contributed by atoms with Crippen molar-refractivity contribution in [1.29, 1.82) is 0 Å². The maximum atomic E-state index is 2.54. The van der Waals surface area contributed by atoms with Crippen LogP contribution in [0.4, 0.5) is 0 Å². The summed E-state index contributed by atoms with van der Waals surface area (Å²) in [6, 6.07) is 9.12. The van der Waals surface area contributed by atoms with Crippen LogP contribution in [-0.2, 0) is 12.8 Å². The van der Waals surface area contributed by atoms with Crippen molar-refractivity contribution in [2.24, 2.45) is 10.8 Å². The molecule has 0 atom stereocenters. The second-order valence-corrected chi connectivity index (χ2v) is 7.17. The maximum Gasteiger partial charge on any atom is -0.0214 e. The van der Waals surface area contributed by atoms with Crippen LogP contribution in [0, 0.1) is 10.8 Å². The molecule has 0 nitrogen and oxygen atoms in total. The Balaban J connectivity index is 1.81. The average Bonchev–Trinajstić information content (AvgIpc) is 2.93. The van der Waals surface area contributed by atoms with Crippen molar-refractivity contribution >= 4 is 0 Å². The fourth-order valence-corrected chi connectivity index (χ4v) is 4.58. The zero-order chi connectivity index (χ0) is 12.6. The highest BCUT2D eigenvalue weighted by atomic mass is 14.5. The molecule has 2 aliphatic carbocycles. The molecule has 98 valence electrons. The Morgan fingerprint density at radius 1 is 1.00 bits per heavy atom. The minimum Gasteiger partial charge on any atom is -0.0648 e. The summed E-state index contributed by atoms with van der Waals surface area (Å²) in [4.78, 5) is 0. The van der Waals surface area contributed by atoms with Gasteiger partial charge in [-0.1, -0.05) is 51.0 Å². The number of benzene rings is 1. The molecule has 0 saturated heterocycles. The molecule has 0 spiro atoms. The van der Waals surface area contributed by atoms with Gasteiger partial charge in [0.15, 0.2) is 0 Å². The van der Waals surface area contributed by atoms with Gasteiger partial charge in [0.25, 0.3) is 0 Å². The van der Waals surface area contributed by atoms with E-state index in [0.29, 0.717) is 10.8 Å². The van der Waals surface area contributed by atoms with Crippen molar-refractivity contribution in [3.8, 4) is 0 Å². The zero-order valence-corrected chi connectivity index (χ0v) is 12.0. The van der Waals surface area contributed by atoms with Gasteiger partial charge in [-0.2, -0.15) is 0 Å². The molecule has 0 bridgehead atoms. The first-order valence-corrected chi connectivity index (χ1v) is 7.72. The van der Waals surface area contributed by atoms with Gasteiger partial charge in [0.05, 0.1) is 0 Å². The third-order valence-electron chi connectivity index (χ3n) is 5.61. The lowest BCUT2D eigenvalue weighted by Gasteiger charge is -2.37. The smallest absolute Gasteiger partial charge is 0.0214 e. The minimum absolute atomic E-state index is 0.572. The SMILES string of the molecule is CCC1(CC2(C)CCCC2)Cc2ccccc2C1. The molecule has 0 N–H and O–H groups in total. The summed E-state index contributed by atoms with van der Waals surface area (Å²) in [6.45, 7) is 4.95. The van der Waals surface area contributed by atoms with Crippen LogP contribution >= 0.6 is 0 Å². The molecule has 3 rings (SSSR count). The van der Waals surface area contributed by atoms with E-state index < -0.39 is 0 Å². The number of fused-ring (bicyclic) bond motifs is 1. The highest BCUT2D eigenvalue weighted by molar-refractivity contribution is 5.34. The summed E-state index contributed by atoms with van der Waals surface area (Å²) >= 11 is 0. The Labute approximate surface area is 112 Å². The van der Waals surface area contributed by atoms with Crippen LogP contribution in [0.2, 0.25) is 0 Å². The van der Waals surface area contributed by atoms with Gasteiger partial charge < -0.3 is 0 Å². The lowest BCUT2D eigenvalue weighted by atomic mass is 9.68. The lowest BCUT2D eigenvalue weighted by Crippen LogP contribution is -2.28. The Morgan fingerprint density at radius 3 is 2.06 bits per heavy atom. The predicted molar refractivity (Wildman–Crippen MR) is 77.8 cm³/mol. The van der Waals surface area contributed by atoms with E-state index in [0.717, 1.165) is 0 Å². The van der Waals surface area contributed by atoms with Crippen molar-refractivity contribution in [1.82, 2.24) is 0 Å². The van der Waals surface area contributed by atoms with Crippen LogP contribution in [0.15, 0.2) is 24.3 Å². The lowest BCUT2D eigenvalue weighted by molar-refractivity contribution is 0.148. The van der Waals surface area contributed by atoms with Gasteiger partial charge in [0.2, 0.25) is 0 Å².